The first-order valence-corrected chi connectivity index (χ1v) is 9.44. The predicted octanol–water partition coefficient (Wildman–Crippen LogP) is 2.73. The van der Waals surface area contributed by atoms with Crippen LogP contribution in [0.4, 0.5) is 5.69 Å². The monoisotopic (exact) mass is 345 g/mol. The van der Waals surface area contributed by atoms with Gasteiger partial charge in [-0.1, -0.05) is 17.7 Å². The average molecular weight is 345 g/mol. The molecule has 5 nitrogen and oxygen atoms in total. The van der Waals surface area contributed by atoms with E-state index >= 15 is 0 Å². The topological polar surface area (TPSA) is 72.5 Å². The highest BCUT2D eigenvalue weighted by Crippen LogP contribution is 2.26. The van der Waals surface area contributed by atoms with Crippen molar-refractivity contribution in [1.29, 1.82) is 0 Å². The molecule has 3 rings (SSSR count). The summed E-state index contributed by atoms with van der Waals surface area (Å²) in [5.41, 5.74) is 2.82. The number of rotatable bonds is 5. The van der Waals surface area contributed by atoms with Crippen LogP contribution in [0.15, 0.2) is 47.4 Å². The van der Waals surface area contributed by atoms with Crippen molar-refractivity contribution in [3.63, 3.8) is 0 Å². The summed E-state index contributed by atoms with van der Waals surface area (Å²) in [6.45, 7) is 2.00. The molecule has 126 valence electrons. The minimum atomic E-state index is -3.35. The van der Waals surface area contributed by atoms with E-state index in [-0.39, 0.29) is 18.3 Å². The molecule has 1 aliphatic rings. The minimum absolute atomic E-state index is 0.0142. The second-order valence-electron chi connectivity index (χ2n) is 5.85. The van der Waals surface area contributed by atoms with Crippen LogP contribution in [-0.4, -0.2) is 26.7 Å². The number of aryl methyl sites for hydroxylation is 2. The van der Waals surface area contributed by atoms with Crippen molar-refractivity contribution in [1.82, 2.24) is 0 Å². The first-order valence-electron chi connectivity index (χ1n) is 7.79. The van der Waals surface area contributed by atoms with Crippen LogP contribution in [0.5, 0.6) is 5.75 Å². The quantitative estimate of drug-likeness (QED) is 0.904. The first kappa shape index (κ1) is 16.5. The second kappa shape index (κ2) is 6.65. The number of hydrogen-bond donors (Lipinski definition) is 1. The Labute approximate surface area is 141 Å². The predicted molar refractivity (Wildman–Crippen MR) is 92.1 cm³/mol. The standard InChI is InChI=1S/C18H19NO4S/c1-13-2-6-16(7-3-13)24(21,22)11-10-23-15-5-8-17-14(12-15)4-9-18(20)19-17/h2-3,5-8,12H,4,9-11H2,1H3,(H,19,20). The van der Waals surface area contributed by atoms with E-state index in [2.05, 4.69) is 5.32 Å². The molecule has 2 aromatic rings. The van der Waals surface area contributed by atoms with E-state index in [0.29, 0.717) is 23.5 Å². The molecular formula is C18H19NO4S. The summed E-state index contributed by atoms with van der Waals surface area (Å²) >= 11 is 0. The Hall–Kier alpha value is -2.34. The molecule has 1 aliphatic heterocycles. The first-order chi connectivity index (χ1) is 11.4. The van der Waals surface area contributed by atoms with Gasteiger partial charge >= 0.3 is 0 Å². The molecule has 1 amide bonds. The van der Waals surface area contributed by atoms with Crippen LogP contribution in [0.2, 0.25) is 0 Å². The molecule has 0 saturated carbocycles. The lowest BCUT2D eigenvalue weighted by Gasteiger charge is -2.17. The van der Waals surface area contributed by atoms with Crippen molar-refractivity contribution in [3.05, 3.63) is 53.6 Å². The minimum Gasteiger partial charge on any atom is -0.493 e. The van der Waals surface area contributed by atoms with Gasteiger partial charge in [0.1, 0.15) is 12.4 Å². The van der Waals surface area contributed by atoms with Crippen molar-refractivity contribution in [2.24, 2.45) is 0 Å². The Morgan fingerprint density at radius 1 is 1.08 bits per heavy atom. The van der Waals surface area contributed by atoms with Crippen molar-refractivity contribution in [3.8, 4) is 5.75 Å². The van der Waals surface area contributed by atoms with Gasteiger partial charge in [-0.2, -0.15) is 0 Å². The lowest BCUT2D eigenvalue weighted by atomic mass is 10.0. The van der Waals surface area contributed by atoms with E-state index in [1.807, 2.05) is 13.0 Å². The van der Waals surface area contributed by atoms with Gasteiger partial charge in [0.25, 0.3) is 0 Å². The third-order valence-corrected chi connectivity index (χ3v) is 5.67. The highest BCUT2D eigenvalue weighted by molar-refractivity contribution is 7.91. The third-order valence-electron chi connectivity index (χ3n) is 3.97. The van der Waals surface area contributed by atoms with E-state index in [4.69, 9.17) is 4.74 Å². The molecule has 0 radical (unpaired) electrons. The van der Waals surface area contributed by atoms with Gasteiger partial charge in [-0.05, 0) is 49.2 Å². The molecular weight excluding hydrogens is 326 g/mol. The van der Waals surface area contributed by atoms with E-state index in [0.717, 1.165) is 16.8 Å². The number of fused-ring (bicyclic) bond motifs is 1. The highest BCUT2D eigenvalue weighted by atomic mass is 32.2. The van der Waals surface area contributed by atoms with Gasteiger partial charge in [0.05, 0.1) is 10.6 Å². The maximum absolute atomic E-state index is 12.3. The van der Waals surface area contributed by atoms with E-state index in [1.165, 1.54) is 0 Å². The van der Waals surface area contributed by atoms with Crippen molar-refractivity contribution in [2.45, 2.75) is 24.7 Å². The number of nitrogens with one attached hydrogen (secondary N) is 1. The normalized spacial score (nSPS) is 14.0. The van der Waals surface area contributed by atoms with Gasteiger partial charge in [0.15, 0.2) is 9.84 Å². The lowest BCUT2D eigenvalue weighted by molar-refractivity contribution is -0.116. The number of carbonyl (C=O) groups is 1. The molecule has 0 spiro atoms. The Morgan fingerprint density at radius 3 is 2.58 bits per heavy atom. The summed E-state index contributed by atoms with van der Waals surface area (Å²) in [4.78, 5) is 11.6. The smallest absolute Gasteiger partial charge is 0.224 e. The molecule has 24 heavy (non-hydrogen) atoms. The van der Waals surface area contributed by atoms with Crippen molar-refractivity contribution < 1.29 is 17.9 Å². The zero-order chi connectivity index (χ0) is 17.2. The molecule has 0 bridgehead atoms. The number of ether oxygens (including phenoxy) is 1. The fourth-order valence-corrected chi connectivity index (χ4v) is 3.67. The third kappa shape index (κ3) is 3.76. The van der Waals surface area contributed by atoms with Crippen molar-refractivity contribution >= 4 is 21.4 Å². The summed E-state index contributed by atoms with van der Waals surface area (Å²) < 4.78 is 30.1. The number of amides is 1. The Balaban J connectivity index is 1.62. The largest absolute Gasteiger partial charge is 0.493 e. The zero-order valence-electron chi connectivity index (χ0n) is 13.4. The summed E-state index contributed by atoms with van der Waals surface area (Å²) in [6, 6.07) is 12.2. The van der Waals surface area contributed by atoms with Gasteiger partial charge < -0.3 is 10.1 Å². The van der Waals surface area contributed by atoms with E-state index in [1.54, 1.807) is 36.4 Å². The van der Waals surface area contributed by atoms with Gasteiger partial charge in [0, 0.05) is 12.1 Å². The molecule has 0 saturated heterocycles. The van der Waals surface area contributed by atoms with E-state index in [9.17, 15) is 13.2 Å². The van der Waals surface area contributed by atoms with Crippen LogP contribution >= 0.6 is 0 Å². The summed E-state index contributed by atoms with van der Waals surface area (Å²) in [6.07, 6.45) is 1.12. The number of anilines is 1. The van der Waals surface area contributed by atoms with Gasteiger partial charge in [-0.3, -0.25) is 4.79 Å². The zero-order valence-corrected chi connectivity index (χ0v) is 14.2. The summed E-state index contributed by atoms with van der Waals surface area (Å²) in [5, 5.41) is 2.80. The van der Waals surface area contributed by atoms with Crippen LogP contribution in [-0.2, 0) is 21.1 Å². The van der Waals surface area contributed by atoms with Crippen LogP contribution < -0.4 is 10.1 Å². The van der Waals surface area contributed by atoms with E-state index < -0.39 is 9.84 Å². The maximum Gasteiger partial charge on any atom is 0.224 e. The summed E-state index contributed by atoms with van der Waals surface area (Å²) in [7, 11) is -3.35. The lowest BCUT2D eigenvalue weighted by Crippen LogP contribution is -2.19. The number of hydrogen-bond acceptors (Lipinski definition) is 4. The van der Waals surface area contributed by atoms with Crippen LogP contribution in [0.1, 0.15) is 17.5 Å². The fourth-order valence-electron chi connectivity index (χ4n) is 2.58. The second-order valence-corrected chi connectivity index (χ2v) is 7.96. The number of carbonyl (C=O) groups excluding carboxylic acids is 1. The van der Waals surface area contributed by atoms with Crippen molar-refractivity contribution in [2.75, 3.05) is 17.7 Å². The fraction of sp³-hybridized carbons (Fsp3) is 0.278. The molecule has 6 heteroatoms. The van der Waals surface area contributed by atoms with Gasteiger partial charge in [-0.15, -0.1) is 0 Å². The molecule has 1 N–H and O–H groups in total. The molecule has 0 atom stereocenters. The number of sulfone groups is 1. The van der Waals surface area contributed by atoms with Crippen LogP contribution in [0.25, 0.3) is 0 Å². The highest BCUT2D eigenvalue weighted by Gasteiger charge is 2.16. The molecule has 0 aromatic heterocycles. The summed E-state index contributed by atoms with van der Waals surface area (Å²) in [5.74, 6) is 0.550. The Bertz CT molecular complexity index is 857. The number of benzene rings is 2. The SMILES string of the molecule is Cc1ccc(S(=O)(=O)CCOc2ccc3c(c2)CCC(=O)N3)cc1. The molecule has 0 fully saturated rings. The van der Waals surface area contributed by atoms with Crippen LogP contribution in [0, 0.1) is 6.92 Å². The molecule has 1 heterocycles. The average Bonchev–Trinajstić information content (AvgIpc) is 2.55. The maximum atomic E-state index is 12.3. The Kier molecular flexibility index (Phi) is 4.57. The molecule has 0 aliphatic carbocycles. The van der Waals surface area contributed by atoms with Gasteiger partial charge in [0.2, 0.25) is 5.91 Å². The molecule has 2 aromatic carbocycles. The molecule has 0 unspecified atom stereocenters. The van der Waals surface area contributed by atoms with Crippen LogP contribution in [0.3, 0.4) is 0 Å². The van der Waals surface area contributed by atoms with Gasteiger partial charge in [-0.25, -0.2) is 8.42 Å². The Morgan fingerprint density at radius 2 is 1.83 bits per heavy atom.